The van der Waals surface area contributed by atoms with Crippen molar-refractivity contribution in [3.05, 3.63) is 0 Å². The summed E-state index contributed by atoms with van der Waals surface area (Å²) in [5.41, 5.74) is 0. The third-order valence-electron chi connectivity index (χ3n) is 3.21. The molecule has 18 heavy (non-hydrogen) atoms. The van der Waals surface area contributed by atoms with Crippen molar-refractivity contribution in [3.63, 3.8) is 0 Å². The van der Waals surface area contributed by atoms with E-state index in [1.807, 2.05) is 13.8 Å². The van der Waals surface area contributed by atoms with Gasteiger partial charge in [0.25, 0.3) is 0 Å². The van der Waals surface area contributed by atoms with Crippen LogP contribution in [0.5, 0.6) is 0 Å². The summed E-state index contributed by atoms with van der Waals surface area (Å²) >= 11 is 1.77. The van der Waals surface area contributed by atoms with Crippen molar-refractivity contribution in [1.29, 1.82) is 0 Å². The van der Waals surface area contributed by atoms with E-state index in [1.165, 1.54) is 0 Å². The fourth-order valence-electron chi connectivity index (χ4n) is 2.43. The minimum absolute atomic E-state index is 0.0200. The molecule has 0 aromatic heterocycles. The summed E-state index contributed by atoms with van der Waals surface area (Å²) in [6.07, 6.45) is 2.06. The Morgan fingerprint density at radius 3 is 2.44 bits per heavy atom. The highest BCUT2D eigenvalue weighted by Crippen LogP contribution is 2.20. The summed E-state index contributed by atoms with van der Waals surface area (Å²) in [5.74, 6) is 1.57. The van der Waals surface area contributed by atoms with Crippen LogP contribution in [0.3, 0.4) is 0 Å². The molecule has 104 valence electrons. The second-order valence-electron chi connectivity index (χ2n) is 5.47. The van der Waals surface area contributed by atoms with E-state index in [0.29, 0.717) is 12.5 Å². The van der Waals surface area contributed by atoms with Crippen molar-refractivity contribution < 1.29 is 9.59 Å². The highest BCUT2D eigenvalue weighted by molar-refractivity contribution is 7.98. The lowest BCUT2D eigenvalue weighted by Crippen LogP contribution is -2.64. The van der Waals surface area contributed by atoms with Gasteiger partial charge in [0.05, 0.1) is 0 Å². The lowest BCUT2D eigenvalue weighted by atomic mass is 9.96. The highest BCUT2D eigenvalue weighted by Gasteiger charge is 2.40. The van der Waals surface area contributed by atoms with Gasteiger partial charge in [-0.15, -0.1) is 0 Å². The van der Waals surface area contributed by atoms with Crippen molar-refractivity contribution in [1.82, 2.24) is 10.2 Å². The van der Waals surface area contributed by atoms with Crippen LogP contribution in [0.2, 0.25) is 0 Å². The minimum atomic E-state index is -0.394. The fourth-order valence-corrected chi connectivity index (χ4v) is 3.10. The third kappa shape index (κ3) is 3.40. The Hall–Kier alpha value is -0.710. The third-order valence-corrected chi connectivity index (χ3v) is 4.11. The molecule has 0 aromatic carbocycles. The summed E-state index contributed by atoms with van der Waals surface area (Å²) in [6.45, 7) is 8.52. The molecule has 0 spiro atoms. The van der Waals surface area contributed by atoms with Gasteiger partial charge >= 0.3 is 0 Å². The van der Waals surface area contributed by atoms with Crippen LogP contribution in [0.4, 0.5) is 0 Å². The van der Waals surface area contributed by atoms with Gasteiger partial charge in [0.15, 0.2) is 0 Å². The Balaban J connectivity index is 2.85. The average molecular weight is 272 g/mol. The van der Waals surface area contributed by atoms with Gasteiger partial charge in [-0.05, 0) is 30.8 Å². The van der Waals surface area contributed by atoms with Crippen molar-refractivity contribution in [3.8, 4) is 0 Å². The molecule has 1 aliphatic rings. The smallest absolute Gasteiger partial charge is 0.245 e. The van der Waals surface area contributed by atoms with Crippen molar-refractivity contribution in [2.45, 2.75) is 39.8 Å². The molecule has 0 bridgehead atoms. The molecule has 3 atom stereocenters. The number of piperazine rings is 1. The SMILES string of the molecule is CSCC(C)CN1C(=O)C(C)NC(=O)C1C(C)C. The topological polar surface area (TPSA) is 49.4 Å². The predicted molar refractivity (Wildman–Crippen MR) is 75.5 cm³/mol. The van der Waals surface area contributed by atoms with E-state index in [0.717, 1.165) is 5.75 Å². The maximum absolute atomic E-state index is 12.2. The predicted octanol–water partition coefficient (Wildman–Crippen LogP) is 1.36. The molecule has 3 unspecified atom stereocenters. The van der Waals surface area contributed by atoms with Crippen LogP contribution in [-0.4, -0.2) is 47.4 Å². The van der Waals surface area contributed by atoms with Gasteiger partial charge in [-0.3, -0.25) is 9.59 Å². The number of rotatable bonds is 5. The second kappa shape index (κ2) is 6.45. The Labute approximate surface area is 114 Å². The first-order chi connectivity index (χ1) is 8.38. The molecule has 1 saturated heterocycles. The van der Waals surface area contributed by atoms with E-state index in [1.54, 1.807) is 23.6 Å². The Bertz CT molecular complexity index is 320. The molecule has 5 heteroatoms. The number of hydrogen-bond donors (Lipinski definition) is 1. The number of nitrogens with one attached hydrogen (secondary N) is 1. The van der Waals surface area contributed by atoms with Crippen LogP contribution in [0.25, 0.3) is 0 Å². The van der Waals surface area contributed by atoms with Crippen LogP contribution in [0.1, 0.15) is 27.7 Å². The normalized spacial score (nSPS) is 26.4. The standard InChI is InChI=1S/C13H24N2O2S/c1-8(2)11-12(16)14-10(4)13(17)15(11)6-9(3)7-18-5/h8-11H,6-7H2,1-5H3,(H,14,16). The monoisotopic (exact) mass is 272 g/mol. The molecule has 4 nitrogen and oxygen atoms in total. The van der Waals surface area contributed by atoms with Gasteiger partial charge in [0, 0.05) is 6.54 Å². The largest absolute Gasteiger partial charge is 0.343 e. The molecule has 1 fully saturated rings. The Morgan fingerprint density at radius 1 is 1.33 bits per heavy atom. The number of carbonyl (C=O) groups is 2. The number of amides is 2. The van der Waals surface area contributed by atoms with E-state index in [4.69, 9.17) is 0 Å². The highest BCUT2D eigenvalue weighted by atomic mass is 32.2. The van der Waals surface area contributed by atoms with E-state index in [-0.39, 0.29) is 23.8 Å². The number of thioether (sulfide) groups is 1. The lowest BCUT2D eigenvalue weighted by molar-refractivity contribution is -0.151. The molecule has 0 aromatic rings. The first-order valence-corrected chi connectivity index (χ1v) is 7.87. The molecule has 1 N–H and O–H groups in total. The maximum atomic E-state index is 12.2. The summed E-state index contributed by atoms with van der Waals surface area (Å²) < 4.78 is 0. The summed E-state index contributed by atoms with van der Waals surface area (Å²) in [7, 11) is 0. The van der Waals surface area contributed by atoms with Gasteiger partial charge in [-0.2, -0.15) is 11.8 Å². The molecule has 2 amide bonds. The summed E-state index contributed by atoms with van der Waals surface area (Å²) in [4.78, 5) is 26.0. The Morgan fingerprint density at radius 2 is 1.94 bits per heavy atom. The molecule has 0 saturated carbocycles. The summed E-state index contributed by atoms with van der Waals surface area (Å²) in [6, 6.07) is -0.716. The molecular formula is C13H24N2O2S. The summed E-state index contributed by atoms with van der Waals surface area (Å²) in [5, 5.41) is 2.76. The van der Waals surface area contributed by atoms with Crippen molar-refractivity contribution >= 4 is 23.6 Å². The molecule has 1 aliphatic heterocycles. The molecule has 0 radical (unpaired) electrons. The van der Waals surface area contributed by atoms with E-state index < -0.39 is 6.04 Å². The van der Waals surface area contributed by atoms with Crippen LogP contribution in [0.15, 0.2) is 0 Å². The molecule has 1 heterocycles. The second-order valence-corrected chi connectivity index (χ2v) is 6.38. The Kier molecular flexibility index (Phi) is 5.50. The van der Waals surface area contributed by atoms with E-state index in [9.17, 15) is 9.59 Å². The van der Waals surface area contributed by atoms with E-state index >= 15 is 0 Å². The zero-order chi connectivity index (χ0) is 13.9. The molecule has 0 aliphatic carbocycles. The lowest BCUT2D eigenvalue weighted by Gasteiger charge is -2.41. The van der Waals surface area contributed by atoms with Crippen LogP contribution in [-0.2, 0) is 9.59 Å². The van der Waals surface area contributed by atoms with Crippen molar-refractivity contribution in [2.75, 3.05) is 18.6 Å². The average Bonchev–Trinajstić information content (AvgIpc) is 2.25. The first kappa shape index (κ1) is 15.3. The maximum Gasteiger partial charge on any atom is 0.245 e. The van der Waals surface area contributed by atoms with Gasteiger partial charge in [-0.1, -0.05) is 20.8 Å². The van der Waals surface area contributed by atoms with Gasteiger partial charge in [0.1, 0.15) is 12.1 Å². The first-order valence-electron chi connectivity index (χ1n) is 6.48. The van der Waals surface area contributed by atoms with Crippen LogP contribution < -0.4 is 5.32 Å². The zero-order valence-corrected chi connectivity index (χ0v) is 12.7. The quantitative estimate of drug-likeness (QED) is 0.822. The fraction of sp³-hybridized carbons (Fsp3) is 0.846. The molecular weight excluding hydrogens is 248 g/mol. The number of hydrogen-bond acceptors (Lipinski definition) is 3. The molecule has 1 rings (SSSR count). The van der Waals surface area contributed by atoms with Crippen LogP contribution in [0, 0.1) is 11.8 Å². The van der Waals surface area contributed by atoms with Gasteiger partial charge < -0.3 is 10.2 Å². The van der Waals surface area contributed by atoms with Crippen molar-refractivity contribution in [2.24, 2.45) is 11.8 Å². The van der Waals surface area contributed by atoms with E-state index in [2.05, 4.69) is 18.5 Å². The number of carbonyl (C=O) groups excluding carboxylic acids is 2. The number of nitrogens with zero attached hydrogens (tertiary/aromatic N) is 1. The van der Waals surface area contributed by atoms with Gasteiger partial charge in [0.2, 0.25) is 11.8 Å². The minimum Gasteiger partial charge on any atom is -0.343 e. The van der Waals surface area contributed by atoms with Crippen LogP contribution >= 0.6 is 11.8 Å². The zero-order valence-electron chi connectivity index (χ0n) is 11.9. The van der Waals surface area contributed by atoms with Gasteiger partial charge in [-0.25, -0.2) is 0 Å².